The van der Waals surface area contributed by atoms with Crippen LogP contribution in [0.4, 0.5) is 0 Å². The molecule has 24 heavy (non-hydrogen) atoms. The van der Waals surface area contributed by atoms with Crippen LogP contribution < -0.4 is 10.6 Å². The van der Waals surface area contributed by atoms with E-state index in [4.69, 9.17) is 0 Å². The second-order valence-corrected chi connectivity index (χ2v) is 6.33. The van der Waals surface area contributed by atoms with E-state index in [1.165, 1.54) is 45.9 Å². The van der Waals surface area contributed by atoms with Gasteiger partial charge in [0.2, 0.25) is 0 Å². The van der Waals surface area contributed by atoms with Gasteiger partial charge in [0.05, 0.1) is 7.11 Å². The first-order valence-electron chi connectivity index (χ1n) is 9.57. The number of esters is 1. The van der Waals surface area contributed by atoms with Crippen LogP contribution in [0.5, 0.6) is 0 Å². The summed E-state index contributed by atoms with van der Waals surface area (Å²) >= 11 is 0. The number of likely N-dealkylation sites (tertiary alicyclic amines) is 1. The Labute approximate surface area is 147 Å². The molecule has 1 fully saturated rings. The van der Waals surface area contributed by atoms with Crippen LogP contribution >= 0.6 is 0 Å². The monoisotopic (exact) mass is 340 g/mol. The maximum absolute atomic E-state index is 11.1. The van der Waals surface area contributed by atoms with Crippen LogP contribution in [0.1, 0.15) is 58.3 Å². The number of carbonyl (C=O) groups is 1. The van der Waals surface area contributed by atoms with Crippen LogP contribution in [0.25, 0.3) is 0 Å². The third kappa shape index (κ3) is 10.5. The fourth-order valence-electron chi connectivity index (χ4n) is 2.89. The zero-order valence-electron chi connectivity index (χ0n) is 15.6. The minimum atomic E-state index is -0.135. The maximum atomic E-state index is 11.1. The number of rotatable bonds is 10. The molecule has 0 aromatic heterocycles. The topological polar surface area (TPSA) is 66.0 Å². The Morgan fingerprint density at radius 1 is 1.08 bits per heavy atom. The molecule has 140 valence electrons. The molecule has 0 spiro atoms. The van der Waals surface area contributed by atoms with Crippen molar-refractivity contribution in [1.82, 2.24) is 15.5 Å². The summed E-state index contributed by atoms with van der Waals surface area (Å²) in [5.74, 6) is 0.746. The number of methoxy groups -OCH3 is 1. The molecule has 1 aliphatic heterocycles. The van der Waals surface area contributed by atoms with Gasteiger partial charge in [-0.15, -0.1) is 0 Å². The van der Waals surface area contributed by atoms with Gasteiger partial charge in [-0.25, -0.2) is 0 Å². The second-order valence-electron chi connectivity index (χ2n) is 6.33. The van der Waals surface area contributed by atoms with E-state index in [0.717, 1.165) is 51.4 Å². The number of carbonyl (C=O) groups excluding carboxylic acids is 1. The molecule has 0 radical (unpaired) electrons. The minimum absolute atomic E-state index is 0.135. The number of guanidine groups is 1. The number of unbranched alkanes of at least 4 members (excludes halogenated alkanes) is 1. The van der Waals surface area contributed by atoms with E-state index in [-0.39, 0.29) is 5.97 Å². The van der Waals surface area contributed by atoms with Gasteiger partial charge in [-0.2, -0.15) is 0 Å². The van der Waals surface area contributed by atoms with Gasteiger partial charge in [0.25, 0.3) is 0 Å². The number of hydrogen-bond donors (Lipinski definition) is 2. The molecule has 1 saturated heterocycles. The van der Waals surface area contributed by atoms with Crippen molar-refractivity contribution in [1.29, 1.82) is 0 Å². The number of hydrogen-bond acceptors (Lipinski definition) is 4. The molecule has 0 aromatic carbocycles. The van der Waals surface area contributed by atoms with E-state index in [1.807, 2.05) is 0 Å². The van der Waals surface area contributed by atoms with Gasteiger partial charge in [0.15, 0.2) is 5.96 Å². The lowest BCUT2D eigenvalue weighted by molar-refractivity contribution is -0.140. The highest BCUT2D eigenvalue weighted by Crippen LogP contribution is 2.09. The number of aliphatic imine (C=N–C) groups is 1. The van der Waals surface area contributed by atoms with Crippen molar-refractivity contribution in [2.45, 2.75) is 58.3 Å². The van der Waals surface area contributed by atoms with Crippen LogP contribution in [0.3, 0.4) is 0 Å². The van der Waals surface area contributed by atoms with E-state index < -0.39 is 0 Å². The van der Waals surface area contributed by atoms with Crippen LogP contribution in [-0.4, -0.2) is 63.2 Å². The maximum Gasteiger partial charge on any atom is 0.305 e. The predicted octanol–water partition coefficient (Wildman–Crippen LogP) is 2.15. The summed E-state index contributed by atoms with van der Waals surface area (Å²) in [6.07, 6.45) is 8.85. The van der Waals surface area contributed by atoms with Crippen molar-refractivity contribution in [3.63, 3.8) is 0 Å². The van der Waals surface area contributed by atoms with Gasteiger partial charge in [0.1, 0.15) is 0 Å². The number of nitrogens with one attached hydrogen (secondary N) is 2. The highest BCUT2D eigenvalue weighted by atomic mass is 16.5. The summed E-state index contributed by atoms with van der Waals surface area (Å²) < 4.78 is 4.64. The fraction of sp³-hybridized carbons (Fsp3) is 0.889. The van der Waals surface area contributed by atoms with Crippen molar-refractivity contribution in [3.05, 3.63) is 0 Å². The summed E-state index contributed by atoms with van der Waals surface area (Å²) in [6.45, 7) is 8.28. The van der Waals surface area contributed by atoms with Gasteiger partial charge in [-0.05, 0) is 58.7 Å². The molecule has 1 aliphatic rings. The fourth-order valence-corrected chi connectivity index (χ4v) is 2.89. The average Bonchev–Trinajstić information content (AvgIpc) is 2.86. The molecule has 6 nitrogen and oxygen atoms in total. The van der Waals surface area contributed by atoms with Crippen molar-refractivity contribution >= 4 is 11.9 Å². The Kier molecular flexibility index (Phi) is 12.2. The Balaban J connectivity index is 2.15. The van der Waals surface area contributed by atoms with Crippen LogP contribution in [0.2, 0.25) is 0 Å². The SMILES string of the molecule is CCNC(=NCCCN1CCCCCC1)NCCCCC(=O)OC. The summed E-state index contributed by atoms with van der Waals surface area (Å²) in [5, 5.41) is 6.61. The van der Waals surface area contributed by atoms with Crippen LogP contribution in [0, 0.1) is 0 Å². The molecule has 0 atom stereocenters. The van der Waals surface area contributed by atoms with E-state index in [2.05, 4.69) is 32.2 Å². The highest BCUT2D eigenvalue weighted by molar-refractivity contribution is 5.79. The summed E-state index contributed by atoms with van der Waals surface area (Å²) in [7, 11) is 1.43. The lowest BCUT2D eigenvalue weighted by atomic mass is 10.2. The van der Waals surface area contributed by atoms with Crippen molar-refractivity contribution in [3.8, 4) is 0 Å². The molecule has 2 N–H and O–H groups in total. The summed E-state index contributed by atoms with van der Waals surface area (Å²) in [6, 6.07) is 0. The van der Waals surface area contributed by atoms with Crippen LogP contribution in [0.15, 0.2) is 4.99 Å². The first-order chi connectivity index (χ1) is 11.8. The van der Waals surface area contributed by atoms with Gasteiger partial charge >= 0.3 is 5.97 Å². The number of nitrogens with zero attached hydrogens (tertiary/aromatic N) is 2. The largest absolute Gasteiger partial charge is 0.469 e. The van der Waals surface area contributed by atoms with E-state index in [1.54, 1.807) is 0 Å². The van der Waals surface area contributed by atoms with Gasteiger partial charge < -0.3 is 20.3 Å². The minimum Gasteiger partial charge on any atom is -0.469 e. The van der Waals surface area contributed by atoms with Gasteiger partial charge in [0, 0.05) is 26.1 Å². The molecule has 0 unspecified atom stereocenters. The molecule has 0 bridgehead atoms. The molecular formula is C18H36N4O2. The second kappa shape index (κ2) is 14.1. The predicted molar refractivity (Wildman–Crippen MR) is 99.4 cm³/mol. The molecule has 0 saturated carbocycles. The quantitative estimate of drug-likeness (QED) is 0.276. The molecule has 1 rings (SSSR count). The van der Waals surface area contributed by atoms with Crippen molar-refractivity contribution in [2.24, 2.45) is 4.99 Å². The van der Waals surface area contributed by atoms with Gasteiger partial charge in [-0.1, -0.05) is 12.8 Å². The lowest BCUT2D eigenvalue weighted by Gasteiger charge is -2.19. The van der Waals surface area contributed by atoms with E-state index in [9.17, 15) is 4.79 Å². The summed E-state index contributed by atoms with van der Waals surface area (Å²) in [5.41, 5.74) is 0. The molecule has 1 heterocycles. The average molecular weight is 341 g/mol. The first-order valence-corrected chi connectivity index (χ1v) is 9.57. The van der Waals surface area contributed by atoms with Gasteiger partial charge in [-0.3, -0.25) is 9.79 Å². The third-order valence-corrected chi connectivity index (χ3v) is 4.27. The molecular weight excluding hydrogens is 304 g/mol. The molecule has 0 aromatic rings. The smallest absolute Gasteiger partial charge is 0.305 e. The standard InChI is InChI=1S/C18H36N4O2/c1-3-19-18(20-12-7-6-11-17(23)24-2)21-13-10-16-22-14-8-4-5-9-15-22/h3-16H2,1-2H3,(H2,19,20,21). The zero-order chi connectivity index (χ0) is 17.5. The first kappa shape index (κ1) is 20.7. The Morgan fingerprint density at radius 3 is 2.50 bits per heavy atom. The van der Waals surface area contributed by atoms with Crippen LogP contribution in [-0.2, 0) is 9.53 Å². The van der Waals surface area contributed by atoms with Crippen molar-refractivity contribution in [2.75, 3.05) is 46.4 Å². The lowest BCUT2D eigenvalue weighted by Crippen LogP contribution is -2.38. The Bertz CT molecular complexity index is 353. The molecule has 6 heteroatoms. The Morgan fingerprint density at radius 2 is 1.83 bits per heavy atom. The Hall–Kier alpha value is -1.30. The highest BCUT2D eigenvalue weighted by Gasteiger charge is 2.08. The molecule has 0 aliphatic carbocycles. The normalized spacial score (nSPS) is 16.5. The van der Waals surface area contributed by atoms with Crippen molar-refractivity contribution < 1.29 is 9.53 Å². The number of ether oxygens (including phenoxy) is 1. The zero-order valence-corrected chi connectivity index (χ0v) is 15.6. The summed E-state index contributed by atoms with van der Waals surface area (Å²) in [4.78, 5) is 18.3. The third-order valence-electron chi connectivity index (χ3n) is 4.27. The molecule has 0 amide bonds. The van der Waals surface area contributed by atoms with E-state index >= 15 is 0 Å². The van der Waals surface area contributed by atoms with E-state index in [0.29, 0.717) is 6.42 Å².